The maximum Gasteiger partial charge on any atom is 0.0732 e. The van der Waals surface area contributed by atoms with Gasteiger partial charge in [0.1, 0.15) is 0 Å². The Labute approximate surface area is 132 Å². The predicted octanol–water partition coefficient (Wildman–Crippen LogP) is 4.01. The Morgan fingerprint density at radius 2 is 1.86 bits per heavy atom. The van der Waals surface area contributed by atoms with Crippen LogP contribution in [0.3, 0.4) is 0 Å². The molecule has 0 heterocycles. The lowest BCUT2D eigenvalue weighted by atomic mass is 9.70. The first-order chi connectivity index (χ1) is 9.84. The second-order valence-corrected chi connectivity index (χ2v) is 7.77. The van der Waals surface area contributed by atoms with Crippen LogP contribution in [-0.2, 0) is 9.47 Å². The van der Waals surface area contributed by atoms with E-state index in [0.29, 0.717) is 30.8 Å². The molecule has 1 N–H and O–H groups in total. The van der Waals surface area contributed by atoms with Gasteiger partial charge in [-0.3, -0.25) is 0 Å². The van der Waals surface area contributed by atoms with Gasteiger partial charge in [0.15, 0.2) is 0 Å². The fraction of sp³-hybridized carbons (Fsp3) is 1.00. The Hall–Kier alpha value is -0.120. The molecule has 0 aromatic heterocycles. The fourth-order valence-electron chi connectivity index (χ4n) is 3.15. The summed E-state index contributed by atoms with van der Waals surface area (Å²) in [7, 11) is 0. The van der Waals surface area contributed by atoms with Crippen LogP contribution in [-0.4, -0.2) is 38.0 Å². The number of hydrogen-bond donors (Lipinski definition) is 1. The standard InChI is InChI=1S/C18H37NO2/c1-7-10-19-16-9-8-15(18(4,5)6)13-17(16)21-12-11-20-14(2)3/h14-17,19H,7-13H2,1-6H3. The molecule has 3 unspecified atom stereocenters. The molecule has 3 nitrogen and oxygen atoms in total. The van der Waals surface area contributed by atoms with E-state index in [4.69, 9.17) is 9.47 Å². The largest absolute Gasteiger partial charge is 0.376 e. The van der Waals surface area contributed by atoms with Crippen LogP contribution in [0.5, 0.6) is 0 Å². The number of hydrogen-bond acceptors (Lipinski definition) is 3. The van der Waals surface area contributed by atoms with Crippen molar-refractivity contribution in [3.63, 3.8) is 0 Å². The molecular weight excluding hydrogens is 262 g/mol. The Morgan fingerprint density at radius 3 is 2.43 bits per heavy atom. The number of rotatable bonds is 8. The van der Waals surface area contributed by atoms with E-state index in [1.807, 2.05) is 0 Å². The lowest BCUT2D eigenvalue weighted by molar-refractivity contribution is -0.0556. The van der Waals surface area contributed by atoms with Gasteiger partial charge < -0.3 is 14.8 Å². The van der Waals surface area contributed by atoms with Crippen LogP contribution in [0.1, 0.15) is 67.2 Å². The first kappa shape index (κ1) is 18.9. The van der Waals surface area contributed by atoms with Crippen LogP contribution in [0, 0.1) is 11.3 Å². The van der Waals surface area contributed by atoms with E-state index in [2.05, 4.69) is 46.9 Å². The van der Waals surface area contributed by atoms with Gasteiger partial charge >= 0.3 is 0 Å². The summed E-state index contributed by atoms with van der Waals surface area (Å²) in [5.74, 6) is 0.758. The Balaban J connectivity index is 2.48. The minimum Gasteiger partial charge on any atom is -0.376 e. The van der Waals surface area contributed by atoms with E-state index >= 15 is 0 Å². The van der Waals surface area contributed by atoms with E-state index < -0.39 is 0 Å². The minimum absolute atomic E-state index is 0.288. The van der Waals surface area contributed by atoms with E-state index in [0.717, 1.165) is 12.5 Å². The summed E-state index contributed by atoms with van der Waals surface area (Å²) in [5, 5.41) is 3.68. The van der Waals surface area contributed by atoms with Crippen molar-refractivity contribution in [2.24, 2.45) is 11.3 Å². The van der Waals surface area contributed by atoms with Crippen molar-refractivity contribution < 1.29 is 9.47 Å². The van der Waals surface area contributed by atoms with Crippen molar-refractivity contribution in [1.82, 2.24) is 5.32 Å². The molecule has 0 bridgehead atoms. The van der Waals surface area contributed by atoms with Crippen molar-refractivity contribution in [2.75, 3.05) is 19.8 Å². The smallest absolute Gasteiger partial charge is 0.0732 e. The molecule has 21 heavy (non-hydrogen) atoms. The zero-order valence-electron chi connectivity index (χ0n) is 15.1. The third-order valence-corrected chi connectivity index (χ3v) is 4.54. The third kappa shape index (κ3) is 7.12. The normalized spacial score (nSPS) is 27.3. The van der Waals surface area contributed by atoms with Crippen molar-refractivity contribution in [3.8, 4) is 0 Å². The summed E-state index contributed by atoms with van der Waals surface area (Å²) in [6, 6.07) is 0.516. The monoisotopic (exact) mass is 299 g/mol. The van der Waals surface area contributed by atoms with E-state index in [-0.39, 0.29) is 6.10 Å². The average molecular weight is 299 g/mol. The van der Waals surface area contributed by atoms with Crippen LogP contribution in [0.4, 0.5) is 0 Å². The number of ether oxygens (including phenoxy) is 2. The molecule has 3 heteroatoms. The third-order valence-electron chi connectivity index (χ3n) is 4.54. The van der Waals surface area contributed by atoms with Crippen molar-refractivity contribution in [2.45, 2.75) is 85.5 Å². The molecule has 1 aliphatic carbocycles. The highest BCUT2D eigenvalue weighted by atomic mass is 16.5. The molecule has 1 aliphatic rings. The van der Waals surface area contributed by atoms with Crippen LogP contribution in [0.2, 0.25) is 0 Å². The van der Waals surface area contributed by atoms with Gasteiger partial charge in [-0.1, -0.05) is 27.7 Å². The molecule has 0 aliphatic heterocycles. The first-order valence-electron chi connectivity index (χ1n) is 8.81. The lowest BCUT2D eigenvalue weighted by Crippen LogP contribution is -2.48. The van der Waals surface area contributed by atoms with Crippen molar-refractivity contribution in [3.05, 3.63) is 0 Å². The summed E-state index contributed by atoms with van der Waals surface area (Å²) in [4.78, 5) is 0. The van der Waals surface area contributed by atoms with Crippen molar-refractivity contribution in [1.29, 1.82) is 0 Å². The topological polar surface area (TPSA) is 30.5 Å². The molecule has 0 aromatic carbocycles. The average Bonchev–Trinajstić information content (AvgIpc) is 2.40. The van der Waals surface area contributed by atoms with Gasteiger partial charge in [0.05, 0.1) is 25.4 Å². The molecule has 1 saturated carbocycles. The second-order valence-electron chi connectivity index (χ2n) is 7.77. The molecule has 0 aromatic rings. The van der Waals surface area contributed by atoms with Crippen molar-refractivity contribution >= 4 is 0 Å². The van der Waals surface area contributed by atoms with E-state index in [1.165, 1.54) is 25.7 Å². The summed E-state index contributed by atoms with van der Waals surface area (Å²) in [6.07, 6.45) is 5.53. The zero-order chi connectivity index (χ0) is 15.9. The maximum atomic E-state index is 6.18. The lowest BCUT2D eigenvalue weighted by Gasteiger charge is -2.42. The minimum atomic E-state index is 0.288. The predicted molar refractivity (Wildman–Crippen MR) is 89.7 cm³/mol. The highest BCUT2D eigenvalue weighted by Gasteiger charge is 2.36. The first-order valence-corrected chi connectivity index (χ1v) is 8.81. The van der Waals surface area contributed by atoms with Gasteiger partial charge in [-0.05, 0) is 57.4 Å². The Bertz CT molecular complexity index is 273. The second kappa shape index (κ2) is 9.12. The van der Waals surface area contributed by atoms with Gasteiger partial charge in [-0.2, -0.15) is 0 Å². The summed E-state index contributed by atoms with van der Waals surface area (Å²) in [6.45, 7) is 15.9. The van der Waals surface area contributed by atoms with Crippen LogP contribution in [0.15, 0.2) is 0 Å². The molecule has 126 valence electrons. The van der Waals surface area contributed by atoms with Gasteiger partial charge in [-0.15, -0.1) is 0 Å². The molecule has 1 fully saturated rings. The van der Waals surface area contributed by atoms with Gasteiger partial charge in [0.2, 0.25) is 0 Å². The number of nitrogens with one attached hydrogen (secondary N) is 1. The maximum absolute atomic E-state index is 6.18. The zero-order valence-corrected chi connectivity index (χ0v) is 15.1. The Kier molecular flexibility index (Phi) is 8.22. The van der Waals surface area contributed by atoms with Crippen LogP contribution < -0.4 is 5.32 Å². The van der Waals surface area contributed by atoms with Crippen LogP contribution >= 0.6 is 0 Å². The molecule has 0 spiro atoms. The quantitative estimate of drug-likeness (QED) is 0.687. The summed E-state index contributed by atoms with van der Waals surface area (Å²) in [5.41, 5.74) is 0.381. The van der Waals surface area contributed by atoms with Gasteiger partial charge in [-0.25, -0.2) is 0 Å². The highest BCUT2D eigenvalue weighted by molar-refractivity contribution is 4.89. The van der Waals surface area contributed by atoms with Gasteiger partial charge in [0.25, 0.3) is 0 Å². The molecule has 3 atom stereocenters. The van der Waals surface area contributed by atoms with Gasteiger partial charge in [0, 0.05) is 6.04 Å². The van der Waals surface area contributed by atoms with Crippen LogP contribution in [0.25, 0.3) is 0 Å². The van der Waals surface area contributed by atoms with E-state index in [1.54, 1.807) is 0 Å². The fourth-order valence-corrected chi connectivity index (χ4v) is 3.15. The molecular formula is C18H37NO2. The highest BCUT2D eigenvalue weighted by Crippen LogP contribution is 2.38. The Morgan fingerprint density at radius 1 is 1.14 bits per heavy atom. The van der Waals surface area contributed by atoms with E-state index in [9.17, 15) is 0 Å². The SMILES string of the molecule is CCCNC1CCC(C(C)(C)C)CC1OCCOC(C)C. The molecule has 0 amide bonds. The summed E-state index contributed by atoms with van der Waals surface area (Å²) < 4.78 is 11.8. The molecule has 0 saturated heterocycles. The molecule has 1 rings (SSSR count). The summed E-state index contributed by atoms with van der Waals surface area (Å²) >= 11 is 0. The molecule has 0 radical (unpaired) electrons.